The van der Waals surface area contributed by atoms with Crippen LogP contribution in [0.1, 0.15) is 42.3 Å². The fourth-order valence-electron chi connectivity index (χ4n) is 6.01. The van der Waals surface area contributed by atoms with E-state index >= 15 is 0 Å². The van der Waals surface area contributed by atoms with Gasteiger partial charge in [-0.1, -0.05) is 29.5 Å². The number of fused-ring (bicyclic) bond motifs is 1. The molecule has 2 aromatic heterocycles. The Morgan fingerprint density at radius 2 is 1.68 bits per heavy atom. The van der Waals surface area contributed by atoms with E-state index in [1.165, 1.54) is 12.1 Å². The number of thiazole rings is 1. The van der Waals surface area contributed by atoms with E-state index in [0.29, 0.717) is 39.4 Å². The van der Waals surface area contributed by atoms with Crippen molar-refractivity contribution in [1.29, 1.82) is 0 Å². The van der Waals surface area contributed by atoms with Crippen molar-refractivity contribution in [3.63, 3.8) is 0 Å². The predicted molar refractivity (Wildman–Crippen MR) is 194 cm³/mol. The molecule has 0 spiro atoms. The van der Waals surface area contributed by atoms with Crippen LogP contribution in [0.15, 0.2) is 77.3 Å². The molecule has 5 aromatic rings. The van der Waals surface area contributed by atoms with Crippen LogP contribution in [0.5, 0.6) is 11.5 Å². The number of alkyl halides is 4. The normalized spacial score (nSPS) is 18.2. The monoisotopic (exact) mass is 822 g/mol. The van der Waals surface area contributed by atoms with Crippen LogP contribution >= 0.6 is 11.3 Å². The molecule has 0 saturated carbocycles. The van der Waals surface area contributed by atoms with Crippen LogP contribution in [0.4, 0.5) is 17.6 Å². The lowest BCUT2D eigenvalue weighted by molar-refractivity contribution is -0.149. The Hall–Kier alpha value is -4.73. The van der Waals surface area contributed by atoms with Gasteiger partial charge in [0.25, 0.3) is 10.0 Å². The SMILES string of the molecule is CC1(C)O[C@@H](CF)[C@H](COc2ccc(C[C@@H](CN[C@@H](Cc3ccc(C(F)(F)F)cc3)C(=O)O)n3cc(COc4ccc5nc(S(N)(=O)=O)sc5c4)nn3)cc2)O1. The molecule has 0 radical (unpaired) electrons. The second-order valence-electron chi connectivity index (χ2n) is 13.5. The number of halogens is 4. The summed E-state index contributed by atoms with van der Waals surface area (Å²) in [5, 5.41) is 26.8. The smallest absolute Gasteiger partial charge is 0.416 e. The first-order chi connectivity index (χ1) is 26.5. The molecule has 1 saturated heterocycles. The molecule has 20 heteroatoms. The number of primary sulfonamides is 1. The summed E-state index contributed by atoms with van der Waals surface area (Å²) < 4.78 is 101. The Balaban J connectivity index is 1.15. The molecule has 1 aliphatic heterocycles. The minimum Gasteiger partial charge on any atom is -0.491 e. The van der Waals surface area contributed by atoms with E-state index in [-0.39, 0.29) is 30.5 Å². The van der Waals surface area contributed by atoms with Gasteiger partial charge in [0, 0.05) is 6.54 Å². The summed E-state index contributed by atoms with van der Waals surface area (Å²) in [5.41, 5.74) is 1.26. The molecular weight excluding hydrogens is 785 g/mol. The maximum atomic E-state index is 13.5. The van der Waals surface area contributed by atoms with Crippen molar-refractivity contribution in [3.8, 4) is 11.5 Å². The Bertz CT molecular complexity index is 2230. The zero-order valence-electron chi connectivity index (χ0n) is 30.0. The largest absolute Gasteiger partial charge is 0.491 e. The number of ether oxygens (including phenoxy) is 4. The van der Waals surface area contributed by atoms with Crippen molar-refractivity contribution in [3.05, 3.63) is 95.3 Å². The van der Waals surface area contributed by atoms with Crippen LogP contribution in [0.3, 0.4) is 0 Å². The summed E-state index contributed by atoms with van der Waals surface area (Å²) in [6, 6.07) is 14.7. The first kappa shape index (κ1) is 40.9. The Morgan fingerprint density at radius 3 is 2.34 bits per heavy atom. The number of nitrogens with two attached hydrogens (primary N) is 1. The molecule has 0 amide bonds. The van der Waals surface area contributed by atoms with Crippen LogP contribution in [0.25, 0.3) is 10.2 Å². The van der Waals surface area contributed by atoms with Gasteiger partial charge in [-0.2, -0.15) is 13.2 Å². The molecule has 6 rings (SSSR count). The number of aromatic nitrogens is 4. The van der Waals surface area contributed by atoms with Crippen LogP contribution in [0.2, 0.25) is 0 Å². The fraction of sp³-hybridized carbons (Fsp3) is 0.389. The van der Waals surface area contributed by atoms with Crippen LogP contribution in [-0.4, -0.2) is 83.3 Å². The van der Waals surface area contributed by atoms with Gasteiger partial charge in [0.15, 0.2) is 5.79 Å². The maximum Gasteiger partial charge on any atom is 0.416 e. The molecule has 1 fully saturated rings. The van der Waals surface area contributed by atoms with Crippen LogP contribution < -0.4 is 19.9 Å². The molecule has 300 valence electrons. The average molecular weight is 823 g/mol. The highest BCUT2D eigenvalue weighted by Crippen LogP contribution is 2.31. The lowest BCUT2D eigenvalue weighted by Crippen LogP contribution is -2.42. The molecule has 56 heavy (non-hydrogen) atoms. The number of benzene rings is 3. The molecule has 4 N–H and O–H groups in total. The van der Waals surface area contributed by atoms with Gasteiger partial charge in [-0.3, -0.25) is 4.79 Å². The van der Waals surface area contributed by atoms with E-state index in [2.05, 4.69) is 20.6 Å². The standard InChI is InChI=1S/C36H38F4N6O8S2/c1-35(2)53-30(16-37)31(54-35)20-52-26-9-5-21(6-10-26)13-25(17-42-29(33(47)48)14-22-3-7-23(8-4-22)36(38,39)40)46-18-24(44-45-46)19-51-27-11-12-28-32(15-27)55-34(43-28)56(41,49)50/h3-12,15,18,25,29-31,42H,13-14,16-17,19-20H2,1-2H3,(H,47,48)(H2,41,49,50)/t25-,29-,30-,31-/m0/s1. The van der Waals surface area contributed by atoms with Gasteiger partial charge in [-0.05, 0) is 80.3 Å². The van der Waals surface area contributed by atoms with Crippen molar-refractivity contribution in [2.75, 3.05) is 19.8 Å². The number of carboxylic acids is 1. The molecule has 0 unspecified atom stereocenters. The first-order valence-corrected chi connectivity index (χ1v) is 19.5. The number of nitrogens with one attached hydrogen (secondary N) is 1. The summed E-state index contributed by atoms with van der Waals surface area (Å²) in [6.45, 7) is 2.81. The second-order valence-corrected chi connectivity index (χ2v) is 16.3. The zero-order valence-corrected chi connectivity index (χ0v) is 31.6. The fourth-order valence-corrected chi connectivity index (χ4v) is 7.70. The van der Waals surface area contributed by atoms with Gasteiger partial charge < -0.3 is 29.4 Å². The van der Waals surface area contributed by atoms with Gasteiger partial charge in [0.1, 0.15) is 55.3 Å². The summed E-state index contributed by atoms with van der Waals surface area (Å²) in [7, 11) is -3.97. The highest BCUT2D eigenvalue weighted by molar-refractivity contribution is 7.91. The Kier molecular flexibility index (Phi) is 12.3. The molecule has 0 bridgehead atoms. The Labute approximate surface area is 322 Å². The van der Waals surface area contributed by atoms with Crippen molar-refractivity contribution in [1.82, 2.24) is 25.3 Å². The van der Waals surface area contributed by atoms with Crippen LogP contribution in [-0.2, 0) is 49.9 Å². The number of carbonyl (C=O) groups is 1. The molecule has 14 nitrogen and oxygen atoms in total. The molecular formula is C36H38F4N6O8S2. The summed E-state index contributed by atoms with van der Waals surface area (Å²) in [5.74, 6) is -1.20. The molecule has 3 heterocycles. The lowest BCUT2D eigenvalue weighted by atomic mass is 10.0. The molecule has 3 aromatic carbocycles. The van der Waals surface area contributed by atoms with E-state index < -0.39 is 64.5 Å². The number of hydrogen-bond acceptors (Lipinski definition) is 12. The van der Waals surface area contributed by atoms with E-state index in [4.69, 9.17) is 24.1 Å². The summed E-state index contributed by atoms with van der Waals surface area (Å²) in [4.78, 5) is 16.3. The topological polar surface area (TPSA) is 190 Å². The number of carboxylic acid groups (broad SMARTS) is 1. The van der Waals surface area contributed by atoms with Gasteiger partial charge in [-0.15, -0.1) is 16.4 Å². The van der Waals surface area contributed by atoms with E-state index in [1.807, 2.05) is 12.1 Å². The summed E-state index contributed by atoms with van der Waals surface area (Å²) in [6.07, 6.45) is -3.97. The third-order valence-corrected chi connectivity index (χ3v) is 11.1. The van der Waals surface area contributed by atoms with Crippen molar-refractivity contribution in [2.24, 2.45) is 5.14 Å². The van der Waals surface area contributed by atoms with E-state index in [1.54, 1.807) is 55.1 Å². The maximum absolute atomic E-state index is 13.5. The van der Waals surface area contributed by atoms with Gasteiger partial charge in [0.2, 0.25) is 4.34 Å². The van der Waals surface area contributed by atoms with Crippen molar-refractivity contribution in [2.45, 2.75) is 73.9 Å². The van der Waals surface area contributed by atoms with Gasteiger partial charge in [-0.25, -0.2) is 27.6 Å². The molecule has 0 aliphatic carbocycles. The number of hydrogen-bond donors (Lipinski definition) is 3. The molecule has 1 aliphatic rings. The highest BCUT2D eigenvalue weighted by atomic mass is 32.2. The highest BCUT2D eigenvalue weighted by Gasteiger charge is 2.41. The number of rotatable bonds is 17. The van der Waals surface area contributed by atoms with E-state index in [0.717, 1.165) is 29.0 Å². The molecule has 4 atom stereocenters. The predicted octanol–water partition coefficient (Wildman–Crippen LogP) is 5.07. The van der Waals surface area contributed by atoms with Crippen LogP contribution in [0, 0.1) is 0 Å². The first-order valence-electron chi connectivity index (χ1n) is 17.2. The zero-order chi connectivity index (χ0) is 40.3. The third-order valence-electron chi connectivity index (χ3n) is 8.77. The van der Waals surface area contributed by atoms with Crippen molar-refractivity contribution >= 4 is 37.5 Å². The number of nitrogens with zero attached hydrogens (tertiary/aromatic N) is 4. The number of aliphatic carboxylic acids is 1. The quantitative estimate of drug-likeness (QED) is 0.106. The van der Waals surface area contributed by atoms with Crippen molar-refractivity contribution < 1.29 is 54.8 Å². The lowest BCUT2D eigenvalue weighted by Gasteiger charge is -2.22. The second kappa shape index (κ2) is 16.8. The number of sulfonamides is 1. The average Bonchev–Trinajstić information content (AvgIpc) is 3.87. The Morgan fingerprint density at radius 1 is 1.02 bits per heavy atom. The van der Waals surface area contributed by atoms with Gasteiger partial charge in [0.05, 0.1) is 28.0 Å². The van der Waals surface area contributed by atoms with Gasteiger partial charge >= 0.3 is 12.1 Å². The van der Waals surface area contributed by atoms with E-state index in [9.17, 15) is 35.9 Å². The minimum atomic E-state index is -4.52. The minimum absolute atomic E-state index is 0.0135. The third kappa shape index (κ3) is 10.6. The summed E-state index contributed by atoms with van der Waals surface area (Å²) >= 11 is 0.908.